The van der Waals surface area contributed by atoms with E-state index in [1.54, 1.807) is 4.90 Å². The SMILES string of the molecule is CC1=NCNC=C1N(C=O)c1ccccc1. The highest BCUT2D eigenvalue weighted by molar-refractivity contribution is 6.06. The summed E-state index contributed by atoms with van der Waals surface area (Å²) in [6.45, 7) is 2.46. The average molecular weight is 215 g/mol. The van der Waals surface area contributed by atoms with E-state index in [9.17, 15) is 4.79 Å². The largest absolute Gasteiger partial charge is 0.370 e. The van der Waals surface area contributed by atoms with Gasteiger partial charge in [-0.2, -0.15) is 0 Å². The van der Waals surface area contributed by atoms with E-state index < -0.39 is 0 Å². The third-order valence-corrected chi connectivity index (χ3v) is 2.42. The van der Waals surface area contributed by atoms with Gasteiger partial charge in [-0.25, -0.2) is 0 Å². The fourth-order valence-corrected chi connectivity index (χ4v) is 1.58. The van der Waals surface area contributed by atoms with Gasteiger partial charge in [0.15, 0.2) is 0 Å². The fraction of sp³-hybridized carbons (Fsp3) is 0.167. The van der Waals surface area contributed by atoms with Gasteiger partial charge in [0.2, 0.25) is 6.41 Å². The topological polar surface area (TPSA) is 44.7 Å². The summed E-state index contributed by atoms with van der Waals surface area (Å²) in [7, 11) is 0. The molecule has 82 valence electrons. The average Bonchev–Trinajstić information content (AvgIpc) is 2.34. The number of nitrogens with one attached hydrogen (secondary N) is 1. The number of carbonyl (C=O) groups is 1. The molecule has 0 aliphatic carbocycles. The van der Waals surface area contributed by atoms with Crippen LogP contribution in [-0.4, -0.2) is 18.8 Å². The molecular weight excluding hydrogens is 202 g/mol. The molecule has 4 heteroatoms. The van der Waals surface area contributed by atoms with E-state index in [-0.39, 0.29) is 0 Å². The van der Waals surface area contributed by atoms with Crippen LogP contribution in [-0.2, 0) is 4.79 Å². The van der Waals surface area contributed by atoms with Crippen molar-refractivity contribution in [3.8, 4) is 0 Å². The molecule has 16 heavy (non-hydrogen) atoms. The number of hydrogen-bond donors (Lipinski definition) is 1. The maximum absolute atomic E-state index is 11.2. The molecule has 1 amide bonds. The lowest BCUT2D eigenvalue weighted by Crippen LogP contribution is -2.30. The van der Waals surface area contributed by atoms with Gasteiger partial charge in [0.05, 0.1) is 11.4 Å². The van der Waals surface area contributed by atoms with Gasteiger partial charge in [0.1, 0.15) is 6.67 Å². The Morgan fingerprint density at radius 3 is 2.75 bits per heavy atom. The molecule has 0 spiro atoms. The second-order valence-corrected chi connectivity index (χ2v) is 3.45. The van der Waals surface area contributed by atoms with Gasteiger partial charge >= 0.3 is 0 Å². The number of aliphatic imine (C=N–C) groups is 1. The molecule has 1 aliphatic heterocycles. The molecular formula is C12H13N3O. The Bertz CT molecular complexity index is 437. The lowest BCUT2D eigenvalue weighted by molar-refractivity contribution is -0.107. The number of benzene rings is 1. The van der Waals surface area contributed by atoms with Crippen LogP contribution in [0, 0.1) is 0 Å². The van der Waals surface area contributed by atoms with Crippen molar-refractivity contribution in [1.29, 1.82) is 0 Å². The summed E-state index contributed by atoms with van der Waals surface area (Å²) < 4.78 is 0. The summed E-state index contributed by atoms with van der Waals surface area (Å²) in [4.78, 5) is 17.0. The summed E-state index contributed by atoms with van der Waals surface area (Å²) >= 11 is 0. The number of allylic oxidation sites excluding steroid dienone is 1. The summed E-state index contributed by atoms with van der Waals surface area (Å²) in [6.07, 6.45) is 2.61. The quantitative estimate of drug-likeness (QED) is 0.777. The van der Waals surface area contributed by atoms with Crippen molar-refractivity contribution in [2.24, 2.45) is 4.99 Å². The van der Waals surface area contributed by atoms with Crippen LogP contribution in [0.2, 0.25) is 0 Å². The standard InChI is InChI=1S/C12H13N3O/c1-10-12(7-13-8-14-10)15(9-16)11-5-3-2-4-6-11/h2-7,9,13H,8H2,1H3. The van der Waals surface area contributed by atoms with E-state index >= 15 is 0 Å². The minimum Gasteiger partial charge on any atom is -0.370 e. The summed E-state index contributed by atoms with van der Waals surface area (Å²) in [6, 6.07) is 9.49. The Morgan fingerprint density at radius 1 is 1.38 bits per heavy atom. The van der Waals surface area contributed by atoms with E-state index in [1.165, 1.54) is 0 Å². The number of rotatable bonds is 3. The van der Waals surface area contributed by atoms with Gasteiger partial charge in [0, 0.05) is 11.9 Å². The minimum atomic E-state index is 0.566. The molecule has 0 atom stereocenters. The first kappa shape index (κ1) is 10.4. The number of carbonyl (C=O) groups excluding carboxylic acids is 1. The molecule has 4 nitrogen and oxygen atoms in total. The molecule has 0 unspecified atom stereocenters. The van der Waals surface area contributed by atoms with Crippen LogP contribution in [0.5, 0.6) is 0 Å². The van der Waals surface area contributed by atoms with Crippen molar-refractivity contribution >= 4 is 17.8 Å². The fourth-order valence-electron chi connectivity index (χ4n) is 1.58. The Labute approximate surface area is 94.3 Å². The molecule has 0 radical (unpaired) electrons. The highest BCUT2D eigenvalue weighted by atomic mass is 16.1. The smallest absolute Gasteiger partial charge is 0.218 e. The van der Waals surface area contributed by atoms with Crippen LogP contribution in [0.25, 0.3) is 0 Å². The first-order chi connectivity index (χ1) is 7.83. The molecule has 0 fully saturated rings. The van der Waals surface area contributed by atoms with Crippen LogP contribution in [0.3, 0.4) is 0 Å². The van der Waals surface area contributed by atoms with E-state index in [1.807, 2.05) is 43.5 Å². The lowest BCUT2D eigenvalue weighted by atomic mass is 10.2. The number of anilines is 1. The predicted molar refractivity (Wildman–Crippen MR) is 64.2 cm³/mol. The number of nitrogens with zero attached hydrogens (tertiary/aromatic N) is 2. The van der Waals surface area contributed by atoms with Crippen LogP contribution >= 0.6 is 0 Å². The molecule has 2 rings (SSSR count). The molecule has 1 heterocycles. The highest BCUT2D eigenvalue weighted by Crippen LogP contribution is 2.18. The van der Waals surface area contributed by atoms with E-state index in [0.29, 0.717) is 6.67 Å². The Morgan fingerprint density at radius 2 is 2.12 bits per heavy atom. The third-order valence-electron chi connectivity index (χ3n) is 2.42. The van der Waals surface area contributed by atoms with Crippen molar-refractivity contribution in [3.63, 3.8) is 0 Å². The highest BCUT2D eigenvalue weighted by Gasteiger charge is 2.15. The van der Waals surface area contributed by atoms with E-state index in [0.717, 1.165) is 23.5 Å². The van der Waals surface area contributed by atoms with E-state index in [4.69, 9.17) is 0 Å². The normalized spacial score (nSPS) is 14.6. The zero-order chi connectivity index (χ0) is 11.4. The maximum atomic E-state index is 11.2. The first-order valence-electron chi connectivity index (χ1n) is 5.07. The Hall–Kier alpha value is -2.10. The summed E-state index contributed by atoms with van der Waals surface area (Å²) in [5, 5.41) is 3.00. The van der Waals surface area contributed by atoms with Crippen LogP contribution < -0.4 is 10.2 Å². The zero-order valence-corrected chi connectivity index (χ0v) is 9.05. The second kappa shape index (κ2) is 4.61. The summed E-state index contributed by atoms with van der Waals surface area (Å²) in [5.41, 5.74) is 2.48. The maximum Gasteiger partial charge on any atom is 0.218 e. The second-order valence-electron chi connectivity index (χ2n) is 3.45. The molecule has 1 aliphatic rings. The molecule has 1 N–H and O–H groups in total. The van der Waals surface area contributed by atoms with Crippen LogP contribution in [0.1, 0.15) is 6.92 Å². The molecule has 1 aromatic rings. The molecule has 1 aromatic carbocycles. The monoisotopic (exact) mass is 215 g/mol. The van der Waals surface area contributed by atoms with Gasteiger partial charge in [0.25, 0.3) is 0 Å². The first-order valence-corrected chi connectivity index (χ1v) is 5.07. The predicted octanol–water partition coefficient (Wildman–Crippen LogP) is 1.51. The summed E-state index contributed by atoms with van der Waals surface area (Å²) in [5.74, 6) is 0. The lowest BCUT2D eigenvalue weighted by Gasteiger charge is -2.23. The van der Waals surface area contributed by atoms with Gasteiger partial charge < -0.3 is 5.32 Å². The van der Waals surface area contributed by atoms with Gasteiger partial charge in [-0.05, 0) is 19.1 Å². The Balaban J connectivity index is 2.34. The van der Waals surface area contributed by atoms with Crippen molar-refractivity contribution in [1.82, 2.24) is 5.32 Å². The van der Waals surface area contributed by atoms with E-state index in [2.05, 4.69) is 10.3 Å². The number of amides is 1. The molecule has 0 bridgehead atoms. The van der Waals surface area contributed by atoms with Crippen LogP contribution in [0.4, 0.5) is 5.69 Å². The van der Waals surface area contributed by atoms with Crippen molar-refractivity contribution in [2.45, 2.75) is 6.92 Å². The Kier molecular flexibility index (Phi) is 3.00. The molecule has 0 aromatic heterocycles. The van der Waals surface area contributed by atoms with Crippen LogP contribution in [0.15, 0.2) is 47.2 Å². The van der Waals surface area contributed by atoms with Gasteiger partial charge in [-0.3, -0.25) is 14.7 Å². The minimum absolute atomic E-state index is 0.566. The molecule has 0 saturated carbocycles. The zero-order valence-electron chi connectivity index (χ0n) is 9.05. The third kappa shape index (κ3) is 1.95. The number of para-hydroxylation sites is 1. The molecule has 0 saturated heterocycles. The number of hydrogen-bond acceptors (Lipinski definition) is 3. The van der Waals surface area contributed by atoms with Crippen molar-refractivity contribution < 1.29 is 4.79 Å². The van der Waals surface area contributed by atoms with Crippen molar-refractivity contribution in [3.05, 3.63) is 42.2 Å². The van der Waals surface area contributed by atoms with Gasteiger partial charge in [-0.15, -0.1) is 0 Å². The van der Waals surface area contributed by atoms with Gasteiger partial charge in [-0.1, -0.05) is 18.2 Å². The van der Waals surface area contributed by atoms with Crippen molar-refractivity contribution in [2.75, 3.05) is 11.6 Å².